The molecule has 4 rings (SSSR count). The van der Waals surface area contributed by atoms with Crippen molar-refractivity contribution in [2.45, 2.75) is 11.3 Å². The Hall–Kier alpha value is -3.33. The van der Waals surface area contributed by atoms with Gasteiger partial charge in [-0.25, -0.2) is 4.79 Å². The number of primary amides is 1. The van der Waals surface area contributed by atoms with Crippen LogP contribution in [-0.2, 0) is 9.67 Å². The zero-order valence-electron chi connectivity index (χ0n) is 17.5. The second kappa shape index (κ2) is 8.07. The monoisotopic (exact) mass is 438 g/mol. The Morgan fingerprint density at radius 2 is 1.87 bits per heavy atom. The van der Waals surface area contributed by atoms with Crippen LogP contribution in [0.25, 0.3) is 0 Å². The molecular weight excluding hydrogens is 412 g/mol. The van der Waals surface area contributed by atoms with Crippen LogP contribution in [0.4, 0.5) is 21.9 Å². The molecule has 2 aliphatic rings. The average molecular weight is 439 g/mol. The molecule has 2 heterocycles. The van der Waals surface area contributed by atoms with E-state index in [1.54, 1.807) is 17.0 Å². The van der Waals surface area contributed by atoms with Gasteiger partial charge in [-0.05, 0) is 30.3 Å². The van der Waals surface area contributed by atoms with E-state index in [0.29, 0.717) is 30.8 Å². The molecule has 0 spiro atoms. The fraction of sp³-hybridized carbons (Fsp3) is 0.273. The van der Waals surface area contributed by atoms with E-state index >= 15 is 0 Å². The molecule has 162 valence electrons. The number of hydrogen-bond donors (Lipinski definition) is 4. The van der Waals surface area contributed by atoms with Gasteiger partial charge in [-0.3, -0.25) is 4.79 Å². The van der Waals surface area contributed by atoms with Gasteiger partial charge in [-0.2, -0.15) is 0 Å². The van der Waals surface area contributed by atoms with Crippen molar-refractivity contribution in [1.29, 1.82) is 0 Å². The Kier molecular flexibility index (Phi) is 5.45. The fourth-order valence-corrected chi connectivity index (χ4v) is 5.22. The van der Waals surface area contributed by atoms with Gasteiger partial charge in [0.05, 0.1) is 6.54 Å². The highest BCUT2D eigenvalue weighted by Gasteiger charge is 2.48. The molecule has 0 fully saturated rings. The first-order valence-electron chi connectivity index (χ1n) is 9.97. The van der Waals surface area contributed by atoms with Gasteiger partial charge in [0.1, 0.15) is 0 Å². The highest BCUT2D eigenvalue weighted by atomic mass is 32.2. The van der Waals surface area contributed by atoms with Crippen molar-refractivity contribution in [3.63, 3.8) is 0 Å². The lowest BCUT2D eigenvalue weighted by atomic mass is 10.0. The lowest BCUT2D eigenvalue weighted by Gasteiger charge is -2.28. The number of thioether (sulfide) groups is 1. The SMILES string of the molecule is CN(C)c1ccc(NC(=O)N2CCC3=C(C2)SC(C(N)=O)(c2ccccc2N)N3)cc1. The first kappa shape index (κ1) is 20.9. The normalized spacial score (nSPS) is 20.1. The molecule has 1 unspecified atom stereocenters. The maximum Gasteiger partial charge on any atom is 0.322 e. The summed E-state index contributed by atoms with van der Waals surface area (Å²) >= 11 is 1.34. The topological polar surface area (TPSA) is 117 Å². The molecule has 8 nitrogen and oxygen atoms in total. The lowest BCUT2D eigenvalue weighted by molar-refractivity contribution is -0.121. The molecule has 0 aromatic heterocycles. The molecule has 6 N–H and O–H groups in total. The second-order valence-electron chi connectivity index (χ2n) is 7.80. The van der Waals surface area contributed by atoms with Crippen molar-refractivity contribution in [1.82, 2.24) is 10.2 Å². The van der Waals surface area contributed by atoms with Gasteiger partial charge < -0.3 is 31.9 Å². The Morgan fingerprint density at radius 1 is 1.16 bits per heavy atom. The van der Waals surface area contributed by atoms with Gasteiger partial charge in [0.2, 0.25) is 0 Å². The molecule has 0 saturated heterocycles. The number of hydrogen-bond acceptors (Lipinski definition) is 6. The maximum atomic E-state index is 12.8. The summed E-state index contributed by atoms with van der Waals surface area (Å²) in [6.45, 7) is 0.934. The van der Waals surface area contributed by atoms with Crippen molar-refractivity contribution in [3.05, 3.63) is 64.7 Å². The van der Waals surface area contributed by atoms with E-state index in [-0.39, 0.29) is 6.03 Å². The zero-order chi connectivity index (χ0) is 22.2. The van der Waals surface area contributed by atoms with Crippen molar-refractivity contribution >= 4 is 40.8 Å². The Balaban J connectivity index is 1.48. The highest BCUT2D eigenvalue weighted by Crippen LogP contribution is 2.49. The summed E-state index contributed by atoms with van der Waals surface area (Å²) in [5.41, 5.74) is 15.8. The molecule has 3 amide bonds. The Bertz CT molecular complexity index is 1050. The van der Waals surface area contributed by atoms with E-state index < -0.39 is 10.8 Å². The Labute approximate surface area is 185 Å². The largest absolute Gasteiger partial charge is 0.398 e. The molecule has 2 aromatic rings. The second-order valence-corrected chi connectivity index (χ2v) is 9.11. The third-order valence-corrected chi connectivity index (χ3v) is 6.97. The molecule has 31 heavy (non-hydrogen) atoms. The van der Waals surface area contributed by atoms with E-state index in [4.69, 9.17) is 11.5 Å². The summed E-state index contributed by atoms with van der Waals surface area (Å²) in [6, 6.07) is 14.7. The summed E-state index contributed by atoms with van der Waals surface area (Å²) in [4.78, 5) is 28.8. The van der Waals surface area contributed by atoms with E-state index in [1.807, 2.05) is 55.4 Å². The molecule has 0 radical (unpaired) electrons. The van der Waals surface area contributed by atoms with Gasteiger partial charge in [0.15, 0.2) is 4.87 Å². The maximum absolute atomic E-state index is 12.8. The molecule has 9 heteroatoms. The first-order chi connectivity index (χ1) is 14.8. The van der Waals surface area contributed by atoms with Crippen LogP contribution in [0.2, 0.25) is 0 Å². The van der Waals surface area contributed by atoms with Crippen molar-refractivity contribution in [2.75, 3.05) is 43.1 Å². The smallest absolute Gasteiger partial charge is 0.322 e. The number of nitrogens with one attached hydrogen (secondary N) is 2. The summed E-state index contributed by atoms with van der Waals surface area (Å²) < 4.78 is 0. The number of benzene rings is 2. The molecule has 0 saturated carbocycles. The minimum absolute atomic E-state index is 0.180. The van der Waals surface area contributed by atoms with Gasteiger partial charge in [0.25, 0.3) is 5.91 Å². The number of amides is 3. The van der Waals surface area contributed by atoms with Crippen molar-refractivity contribution < 1.29 is 9.59 Å². The summed E-state index contributed by atoms with van der Waals surface area (Å²) in [7, 11) is 3.93. The number of para-hydroxylation sites is 1. The number of nitrogen functional groups attached to an aromatic ring is 1. The third kappa shape index (κ3) is 3.88. The minimum Gasteiger partial charge on any atom is -0.398 e. The first-order valence-corrected chi connectivity index (χ1v) is 10.8. The van der Waals surface area contributed by atoms with Crippen molar-refractivity contribution in [3.8, 4) is 0 Å². The number of urea groups is 1. The fourth-order valence-electron chi connectivity index (χ4n) is 3.79. The van der Waals surface area contributed by atoms with Crippen LogP contribution in [0.3, 0.4) is 0 Å². The van der Waals surface area contributed by atoms with Crippen LogP contribution in [0.5, 0.6) is 0 Å². The standard InChI is InChI=1S/C22H26N6O2S/c1-27(2)15-9-7-14(8-10-15)25-21(30)28-12-11-18-19(13-28)31-22(26-18,20(24)29)16-5-3-4-6-17(16)23/h3-10,26H,11-13,23H2,1-2H3,(H2,24,29)(H,25,30). The predicted molar refractivity (Wildman–Crippen MR) is 125 cm³/mol. The summed E-state index contributed by atoms with van der Waals surface area (Å²) in [5.74, 6) is -0.512. The zero-order valence-corrected chi connectivity index (χ0v) is 18.3. The number of anilines is 3. The van der Waals surface area contributed by atoms with Crippen LogP contribution in [0.15, 0.2) is 59.1 Å². The van der Waals surface area contributed by atoms with Gasteiger partial charge in [-0.1, -0.05) is 30.0 Å². The Morgan fingerprint density at radius 3 is 2.52 bits per heavy atom. The molecular formula is C22H26N6O2S. The van der Waals surface area contributed by atoms with E-state index in [9.17, 15) is 9.59 Å². The number of nitrogens with zero attached hydrogens (tertiary/aromatic N) is 2. The van der Waals surface area contributed by atoms with E-state index in [0.717, 1.165) is 22.0 Å². The summed E-state index contributed by atoms with van der Waals surface area (Å²) in [6.07, 6.45) is 0.608. The van der Waals surface area contributed by atoms with Crippen LogP contribution < -0.4 is 27.0 Å². The number of carbonyl (C=O) groups is 2. The lowest BCUT2D eigenvalue weighted by Crippen LogP contribution is -2.47. The highest BCUT2D eigenvalue weighted by molar-refractivity contribution is 8.05. The number of rotatable bonds is 4. The van der Waals surface area contributed by atoms with Crippen LogP contribution in [0.1, 0.15) is 12.0 Å². The average Bonchev–Trinajstić information content (AvgIpc) is 3.14. The predicted octanol–water partition coefficient (Wildman–Crippen LogP) is 2.46. The molecule has 0 aliphatic carbocycles. The molecule has 2 aromatic carbocycles. The van der Waals surface area contributed by atoms with Crippen LogP contribution >= 0.6 is 11.8 Å². The van der Waals surface area contributed by atoms with Gasteiger partial charge in [-0.15, -0.1) is 0 Å². The minimum atomic E-state index is -1.16. The van der Waals surface area contributed by atoms with Crippen LogP contribution in [-0.4, -0.2) is 44.0 Å². The van der Waals surface area contributed by atoms with E-state index in [1.165, 1.54) is 11.8 Å². The molecule has 1 atom stereocenters. The molecule has 0 bridgehead atoms. The molecule has 2 aliphatic heterocycles. The quantitative estimate of drug-likeness (QED) is 0.545. The summed E-state index contributed by atoms with van der Waals surface area (Å²) in [5, 5.41) is 6.26. The third-order valence-electron chi connectivity index (χ3n) is 5.52. The van der Waals surface area contributed by atoms with Crippen LogP contribution in [0, 0.1) is 0 Å². The van der Waals surface area contributed by atoms with Gasteiger partial charge >= 0.3 is 6.03 Å². The number of carbonyl (C=O) groups excluding carboxylic acids is 2. The number of nitrogens with two attached hydrogens (primary N) is 2. The van der Waals surface area contributed by atoms with Crippen molar-refractivity contribution in [2.24, 2.45) is 5.73 Å². The van der Waals surface area contributed by atoms with Gasteiger partial charge in [0, 0.05) is 60.3 Å². The van der Waals surface area contributed by atoms with E-state index in [2.05, 4.69) is 10.6 Å².